The van der Waals surface area contributed by atoms with Crippen molar-refractivity contribution in [3.05, 3.63) is 97.2 Å². The number of amides is 1. The van der Waals surface area contributed by atoms with Gasteiger partial charge in [-0.2, -0.15) is 0 Å². The van der Waals surface area contributed by atoms with Crippen molar-refractivity contribution < 1.29 is 39.8 Å². The number of rotatable bonds is 47. The zero-order chi connectivity index (χ0) is 50.8. The van der Waals surface area contributed by atoms with Gasteiger partial charge in [-0.3, -0.25) is 4.79 Å². The van der Waals surface area contributed by atoms with Crippen molar-refractivity contribution in [2.24, 2.45) is 0 Å². The number of nitrogens with one attached hydrogen (secondary N) is 1. The van der Waals surface area contributed by atoms with E-state index in [1.807, 2.05) is 6.08 Å². The number of hydrogen-bond acceptors (Lipinski definition) is 8. The molecular formula is C61H105NO8. The van der Waals surface area contributed by atoms with Crippen LogP contribution in [0.5, 0.6) is 0 Å². The zero-order valence-electron chi connectivity index (χ0n) is 44.5. The normalized spacial score (nSPS) is 20.1. The van der Waals surface area contributed by atoms with E-state index >= 15 is 0 Å². The largest absolute Gasteiger partial charge is 0.394 e. The van der Waals surface area contributed by atoms with E-state index in [1.165, 1.54) is 128 Å². The van der Waals surface area contributed by atoms with Gasteiger partial charge in [-0.15, -0.1) is 0 Å². The maximum atomic E-state index is 13.0. The van der Waals surface area contributed by atoms with Gasteiger partial charge in [0.05, 0.1) is 25.4 Å². The Hall–Kier alpha value is -2.89. The Bertz CT molecular complexity index is 1420. The van der Waals surface area contributed by atoms with Crippen LogP contribution in [0.15, 0.2) is 97.2 Å². The summed E-state index contributed by atoms with van der Waals surface area (Å²) in [5.74, 6) is -0.190. The molecule has 0 spiro atoms. The molecule has 0 aliphatic carbocycles. The van der Waals surface area contributed by atoms with Crippen molar-refractivity contribution >= 4 is 5.91 Å². The lowest BCUT2D eigenvalue weighted by Crippen LogP contribution is -2.60. The van der Waals surface area contributed by atoms with Crippen LogP contribution in [0.2, 0.25) is 0 Å². The third-order valence-corrected chi connectivity index (χ3v) is 12.9. The standard InChI is InChI=1S/C61H105NO8/c1-3-5-7-9-11-13-15-16-17-18-19-20-21-22-23-24-25-26-27-28-29-30-31-32-33-34-35-36-37-38-39-40-41-43-45-47-49-51-57(65)62-54(53-69-61-60(68)59(67)58(66)56(52-63)70-61)55(64)50-48-46-44-42-14-12-10-8-6-4-2/h5,7,11,13-14,16-17,19-20,22-23,25-26,42,48,50,54-56,58-61,63-64,66-68H,3-4,6,8-10,12,15,18,21,24,27-41,43-47,49,51-53H2,1-2H3,(H,62,65)/b7-5-,13-11-,17-16-,20-19-,23-22-,26-25-,42-14+,50-48+. The number of aliphatic hydroxyl groups excluding tert-OH is 5. The second kappa shape index (κ2) is 49.7. The lowest BCUT2D eigenvalue weighted by Gasteiger charge is -2.40. The van der Waals surface area contributed by atoms with Crippen LogP contribution in [0.25, 0.3) is 0 Å². The Balaban J connectivity index is 2.08. The van der Waals surface area contributed by atoms with Crippen LogP contribution in [-0.4, -0.2) is 87.5 Å². The van der Waals surface area contributed by atoms with Gasteiger partial charge in [0, 0.05) is 6.42 Å². The van der Waals surface area contributed by atoms with Gasteiger partial charge in [0.25, 0.3) is 0 Å². The molecule has 1 aliphatic rings. The molecule has 70 heavy (non-hydrogen) atoms. The zero-order valence-corrected chi connectivity index (χ0v) is 44.5. The summed E-state index contributed by atoms with van der Waals surface area (Å²) in [5.41, 5.74) is 0. The average molecular weight is 981 g/mol. The monoisotopic (exact) mass is 980 g/mol. The minimum Gasteiger partial charge on any atom is -0.394 e. The fourth-order valence-corrected chi connectivity index (χ4v) is 8.41. The third-order valence-electron chi connectivity index (χ3n) is 12.9. The summed E-state index contributed by atoms with van der Waals surface area (Å²) < 4.78 is 11.2. The van der Waals surface area contributed by atoms with Crippen LogP contribution in [0, 0.1) is 0 Å². The van der Waals surface area contributed by atoms with Crippen molar-refractivity contribution in [3.63, 3.8) is 0 Å². The molecule has 402 valence electrons. The Morgan fingerprint density at radius 3 is 1.37 bits per heavy atom. The maximum absolute atomic E-state index is 13.0. The molecule has 9 nitrogen and oxygen atoms in total. The van der Waals surface area contributed by atoms with Crippen molar-refractivity contribution in [2.75, 3.05) is 13.2 Å². The van der Waals surface area contributed by atoms with E-state index in [0.717, 1.165) is 77.0 Å². The summed E-state index contributed by atoms with van der Waals surface area (Å²) in [6.07, 6.45) is 65.0. The van der Waals surface area contributed by atoms with E-state index in [4.69, 9.17) is 9.47 Å². The van der Waals surface area contributed by atoms with Crippen molar-refractivity contribution in [1.82, 2.24) is 5.32 Å². The molecule has 0 bridgehead atoms. The summed E-state index contributed by atoms with van der Waals surface area (Å²) in [4.78, 5) is 13.0. The minimum absolute atomic E-state index is 0.190. The highest BCUT2D eigenvalue weighted by molar-refractivity contribution is 5.76. The summed E-state index contributed by atoms with van der Waals surface area (Å²) in [6, 6.07) is -0.823. The maximum Gasteiger partial charge on any atom is 0.220 e. The molecule has 1 amide bonds. The predicted octanol–water partition coefficient (Wildman–Crippen LogP) is 14.0. The molecule has 7 unspecified atom stereocenters. The lowest BCUT2D eigenvalue weighted by atomic mass is 9.99. The Labute approximate surface area is 428 Å². The van der Waals surface area contributed by atoms with Crippen LogP contribution in [0.3, 0.4) is 0 Å². The summed E-state index contributed by atoms with van der Waals surface area (Å²) >= 11 is 0. The fourth-order valence-electron chi connectivity index (χ4n) is 8.41. The average Bonchev–Trinajstić information content (AvgIpc) is 3.36. The van der Waals surface area contributed by atoms with Crippen molar-refractivity contribution in [2.45, 2.75) is 269 Å². The van der Waals surface area contributed by atoms with Gasteiger partial charge in [-0.05, 0) is 83.5 Å². The molecule has 1 aliphatic heterocycles. The number of carbonyl (C=O) groups excluding carboxylic acids is 1. The highest BCUT2D eigenvalue weighted by Crippen LogP contribution is 2.23. The van der Waals surface area contributed by atoms with E-state index < -0.39 is 49.5 Å². The first-order valence-corrected chi connectivity index (χ1v) is 28.5. The summed E-state index contributed by atoms with van der Waals surface area (Å²) in [6.45, 7) is 3.60. The van der Waals surface area contributed by atoms with E-state index in [-0.39, 0.29) is 12.5 Å². The molecule has 0 aromatic carbocycles. The molecule has 0 radical (unpaired) electrons. The van der Waals surface area contributed by atoms with Gasteiger partial charge in [-0.25, -0.2) is 0 Å². The van der Waals surface area contributed by atoms with E-state index in [9.17, 15) is 30.3 Å². The number of carbonyl (C=O) groups is 1. The molecule has 0 aromatic rings. The third kappa shape index (κ3) is 38.7. The number of hydrogen-bond donors (Lipinski definition) is 6. The van der Waals surface area contributed by atoms with Gasteiger partial charge >= 0.3 is 0 Å². The number of ether oxygens (including phenoxy) is 2. The van der Waals surface area contributed by atoms with Crippen LogP contribution < -0.4 is 5.32 Å². The molecule has 7 atom stereocenters. The van der Waals surface area contributed by atoms with Gasteiger partial charge in [-0.1, -0.05) is 233 Å². The highest BCUT2D eigenvalue weighted by atomic mass is 16.7. The molecule has 1 rings (SSSR count). The quantitative estimate of drug-likeness (QED) is 0.0261. The summed E-state index contributed by atoms with van der Waals surface area (Å²) in [7, 11) is 0. The highest BCUT2D eigenvalue weighted by Gasteiger charge is 2.44. The second-order valence-electron chi connectivity index (χ2n) is 19.3. The van der Waals surface area contributed by atoms with Gasteiger partial charge in [0.1, 0.15) is 24.4 Å². The number of unbranched alkanes of at least 4 members (excludes halogenated alkanes) is 23. The smallest absolute Gasteiger partial charge is 0.220 e. The predicted molar refractivity (Wildman–Crippen MR) is 294 cm³/mol. The number of allylic oxidation sites excluding steroid dienone is 15. The van der Waals surface area contributed by atoms with Gasteiger partial charge < -0.3 is 40.3 Å². The van der Waals surface area contributed by atoms with E-state index in [0.29, 0.717) is 6.42 Å². The molecule has 9 heteroatoms. The molecule has 6 N–H and O–H groups in total. The van der Waals surface area contributed by atoms with Crippen molar-refractivity contribution in [3.8, 4) is 0 Å². The Kier molecular flexibility index (Phi) is 46.2. The minimum atomic E-state index is -1.57. The first-order chi connectivity index (χ1) is 34.3. The molecular weight excluding hydrogens is 875 g/mol. The Morgan fingerprint density at radius 1 is 0.500 bits per heavy atom. The van der Waals surface area contributed by atoms with Crippen LogP contribution >= 0.6 is 0 Å². The molecule has 1 fully saturated rings. The van der Waals surface area contributed by atoms with Crippen LogP contribution in [0.4, 0.5) is 0 Å². The lowest BCUT2D eigenvalue weighted by molar-refractivity contribution is -0.302. The SMILES string of the molecule is CC/C=C\C/C=C\C/C=C\C/C=C\C/C=C\C/C=C\CCCCCCCCCCCCCCCCCCCCC(=O)NC(COC1OC(CO)C(O)C(O)C1O)C(O)/C=C/CC/C=C/CCCCCC. The van der Waals surface area contributed by atoms with Gasteiger partial charge in [0.2, 0.25) is 5.91 Å². The second-order valence-corrected chi connectivity index (χ2v) is 19.3. The molecule has 0 aromatic heterocycles. The molecule has 1 saturated heterocycles. The fraction of sp³-hybridized carbons (Fsp3) is 0.721. The van der Waals surface area contributed by atoms with Crippen LogP contribution in [0.1, 0.15) is 226 Å². The first kappa shape index (κ1) is 65.1. The van der Waals surface area contributed by atoms with Crippen LogP contribution in [-0.2, 0) is 14.3 Å². The summed E-state index contributed by atoms with van der Waals surface area (Å²) in [5, 5.41) is 54.2. The molecule has 0 saturated carbocycles. The van der Waals surface area contributed by atoms with Crippen molar-refractivity contribution in [1.29, 1.82) is 0 Å². The number of aliphatic hydroxyl groups is 5. The van der Waals surface area contributed by atoms with Gasteiger partial charge in [0.15, 0.2) is 6.29 Å². The Morgan fingerprint density at radius 2 is 0.900 bits per heavy atom. The van der Waals surface area contributed by atoms with E-state index in [2.05, 4.69) is 104 Å². The topological polar surface area (TPSA) is 149 Å². The van der Waals surface area contributed by atoms with E-state index in [1.54, 1.807) is 6.08 Å². The first-order valence-electron chi connectivity index (χ1n) is 28.5. The molecule has 1 heterocycles.